The van der Waals surface area contributed by atoms with E-state index in [-0.39, 0.29) is 17.8 Å². The second kappa shape index (κ2) is 8.43. The van der Waals surface area contributed by atoms with Gasteiger partial charge in [0.2, 0.25) is 5.91 Å². The molecule has 3 aromatic rings. The molecule has 1 saturated heterocycles. The summed E-state index contributed by atoms with van der Waals surface area (Å²) >= 11 is 0. The van der Waals surface area contributed by atoms with Crippen LogP contribution in [-0.4, -0.2) is 37.1 Å². The first-order valence-corrected chi connectivity index (χ1v) is 11.1. The monoisotopic (exact) mass is 434 g/mol. The van der Waals surface area contributed by atoms with Crippen molar-refractivity contribution in [1.29, 1.82) is 0 Å². The van der Waals surface area contributed by atoms with E-state index in [1.54, 1.807) is 17.0 Å². The summed E-state index contributed by atoms with van der Waals surface area (Å²) in [7, 11) is 1.92. The summed E-state index contributed by atoms with van der Waals surface area (Å²) in [6.07, 6.45) is 7.11. The van der Waals surface area contributed by atoms with Gasteiger partial charge in [-0.3, -0.25) is 19.3 Å². The van der Waals surface area contributed by atoms with Gasteiger partial charge >= 0.3 is 0 Å². The van der Waals surface area contributed by atoms with Crippen molar-refractivity contribution in [1.82, 2.24) is 24.6 Å². The molecule has 4 heterocycles. The lowest BCUT2D eigenvalue weighted by Crippen LogP contribution is -2.37. The van der Waals surface area contributed by atoms with E-state index in [1.807, 2.05) is 31.0 Å². The predicted octanol–water partition coefficient (Wildman–Crippen LogP) is 3.47. The number of amides is 1. The summed E-state index contributed by atoms with van der Waals surface area (Å²) in [4.78, 5) is 26.8. The molecule has 0 radical (unpaired) electrons. The maximum absolute atomic E-state index is 13.3. The normalized spacial score (nSPS) is 18.9. The number of benzene rings is 1. The predicted molar refractivity (Wildman–Crippen MR) is 118 cm³/mol. The van der Waals surface area contributed by atoms with Gasteiger partial charge in [0.15, 0.2) is 0 Å². The highest BCUT2D eigenvalue weighted by Crippen LogP contribution is 2.35. The standard InChI is InChI=1S/C24H27FN6O/c1-16-20-9-10-22(32)31(15-17-5-7-19(25)8-6-17)24(20)28-23(27-16)21-4-3-11-30(21)14-18-12-26-29(2)13-18/h5-8,12-13,21H,3-4,9-11,14-15H2,1-2H3/t21-/m1/s1. The topological polar surface area (TPSA) is 67.2 Å². The van der Waals surface area contributed by atoms with Crippen LogP contribution in [0.2, 0.25) is 0 Å². The van der Waals surface area contributed by atoms with Crippen molar-refractivity contribution in [2.45, 2.75) is 51.7 Å². The van der Waals surface area contributed by atoms with Crippen molar-refractivity contribution in [2.75, 3.05) is 11.4 Å². The molecule has 0 unspecified atom stereocenters. The summed E-state index contributed by atoms with van der Waals surface area (Å²) < 4.78 is 15.2. The Hall–Kier alpha value is -3.13. The van der Waals surface area contributed by atoms with Gasteiger partial charge in [0.1, 0.15) is 17.5 Å². The largest absolute Gasteiger partial charge is 0.292 e. The number of halogens is 1. The molecule has 5 rings (SSSR count). The Morgan fingerprint density at radius 1 is 1.09 bits per heavy atom. The Bertz CT molecular complexity index is 1140. The van der Waals surface area contributed by atoms with Gasteiger partial charge in [-0.1, -0.05) is 12.1 Å². The molecule has 1 aromatic carbocycles. The van der Waals surface area contributed by atoms with E-state index in [2.05, 4.69) is 10.00 Å². The molecule has 0 spiro atoms. The third kappa shape index (κ3) is 4.02. The Morgan fingerprint density at radius 2 is 1.91 bits per heavy atom. The van der Waals surface area contributed by atoms with Crippen LogP contribution in [0, 0.1) is 12.7 Å². The number of fused-ring (bicyclic) bond motifs is 1. The quantitative estimate of drug-likeness (QED) is 0.615. The zero-order valence-corrected chi connectivity index (χ0v) is 18.5. The SMILES string of the molecule is Cc1nc([C@H]2CCCN2Cc2cnn(C)c2)nc2c1CCC(=O)N2Cc1ccc(F)cc1. The van der Waals surface area contributed by atoms with Gasteiger partial charge in [0.05, 0.1) is 18.8 Å². The van der Waals surface area contributed by atoms with Crippen LogP contribution in [0.25, 0.3) is 0 Å². The molecular weight excluding hydrogens is 407 g/mol. The van der Waals surface area contributed by atoms with E-state index in [0.717, 1.165) is 48.6 Å². The first-order valence-electron chi connectivity index (χ1n) is 11.1. The summed E-state index contributed by atoms with van der Waals surface area (Å²) in [6.45, 7) is 4.18. The van der Waals surface area contributed by atoms with Crippen LogP contribution < -0.4 is 4.90 Å². The van der Waals surface area contributed by atoms with E-state index in [1.165, 1.54) is 17.7 Å². The van der Waals surface area contributed by atoms with Gasteiger partial charge in [0.25, 0.3) is 0 Å². The minimum Gasteiger partial charge on any atom is -0.292 e. The third-order valence-electron chi connectivity index (χ3n) is 6.41. The van der Waals surface area contributed by atoms with Crippen LogP contribution in [-0.2, 0) is 31.4 Å². The Labute approximate surface area is 186 Å². The molecule has 7 nitrogen and oxygen atoms in total. The van der Waals surface area contributed by atoms with E-state index < -0.39 is 0 Å². The molecule has 0 saturated carbocycles. The first kappa shape index (κ1) is 20.8. The molecule has 0 aliphatic carbocycles. The van der Waals surface area contributed by atoms with Crippen molar-refractivity contribution in [3.05, 3.63) is 70.7 Å². The number of anilines is 1. The Kier molecular flexibility index (Phi) is 5.46. The highest BCUT2D eigenvalue weighted by molar-refractivity contribution is 5.95. The summed E-state index contributed by atoms with van der Waals surface area (Å²) in [5.74, 6) is 1.25. The van der Waals surface area contributed by atoms with E-state index in [4.69, 9.17) is 9.97 Å². The number of nitrogens with zero attached hydrogens (tertiary/aromatic N) is 6. The van der Waals surface area contributed by atoms with Crippen molar-refractivity contribution in [3.63, 3.8) is 0 Å². The average Bonchev–Trinajstić information content (AvgIpc) is 3.40. The van der Waals surface area contributed by atoms with Crippen LogP contribution >= 0.6 is 0 Å². The Balaban J connectivity index is 1.46. The van der Waals surface area contributed by atoms with Crippen LogP contribution in [0.5, 0.6) is 0 Å². The number of aryl methyl sites for hydroxylation is 2. The minimum atomic E-state index is -0.283. The van der Waals surface area contributed by atoms with Gasteiger partial charge in [-0.2, -0.15) is 5.10 Å². The van der Waals surface area contributed by atoms with Gasteiger partial charge < -0.3 is 0 Å². The van der Waals surface area contributed by atoms with Crippen molar-refractivity contribution < 1.29 is 9.18 Å². The van der Waals surface area contributed by atoms with Gasteiger partial charge in [-0.25, -0.2) is 14.4 Å². The van der Waals surface area contributed by atoms with E-state index >= 15 is 0 Å². The van der Waals surface area contributed by atoms with E-state index in [0.29, 0.717) is 25.2 Å². The molecule has 2 aliphatic heterocycles. The highest BCUT2D eigenvalue weighted by Gasteiger charge is 2.33. The van der Waals surface area contributed by atoms with Crippen molar-refractivity contribution in [3.8, 4) is 0 Å². The van der Waals surface area contributed by atoms with Gasteiger partial charge in [0, 0.05) is 43.0 Å². The molecule has 1 fully saturated rings. The number of carbonyl (C=O) groups excluding carboxylic acids is 1. The van der Waals surface area contributed by atoms with Gasteiger partial charge in [-0.05, 0) is 50.4 Å². The van der Waals surface area contributed by atoms with E-state index in [9.17, 15) is 9.18 Å². The first-order chi connectivity index (χ1) is 15.5. The lowest BCUT2D eigenvalue weighted by Gasteiger charge is -2.31. The molecule has 1 atom stereocenters. The second-order valence-corrected chi connectivity index (χ2v) is 8.73. The van der Waals surface area contributed by atoms with Crippen molar-refractivity contribution >= 4 is 11.7 Å². The lowest BCUT2D eigenvalue weighted by molar-refractivity contribution is -0.119. The fourth-order valence-corrected chi connectivity index (χ4v) is 4.78. The van der Waals surface area contributed by atoms with Crippen LogP contribution in [0.3, 0.4) is 0 Å². The molecule has 0 bridgehead atoms. The molecule has 0 N–H and O–H groups in total. The number of hydrogen-bond acceptors (Lipinski definition) is 5. The summed E-state index contributed by atoms with van der Waals surface area (Å²) in [5.41, 5.74) is 4.02. The molecule has 1 amide bonds. The third-order valence-corrected chi connectivity index (χ3v) is 6.41. The van der Waals surface area contributed by atoms with Crippen LogP contribution in [0.1, 0.15) is 53.5 Å². The maximum Gasteiger partial charge on any atom is 0.228 e. The molecule has 2 aliphatic rings. The fourth-order valence-electron chi connectivity index (χ4n) is 4.78. The molecule has 2 aromatic heterocycles. The lowest BCUT2D eigenvalue weighted by atomic mass is 10.0. The zero-order valence-electron chi connectivity index (χ0n) is 18.5. The van der Waals surface area contributed by atoms with Gasteiger partial charge in [-0.15, -0.1) is 0 Å². The zero-order chi connectivity index (χ0) is 22.2. The smallest absolute Gasteiger partial charge is 0.228 e. The maximum atomic E-state index is 13.3. The van der Waals surface area contributed by atoms with Crippen LogP contribution in [0.4, 0.5) is 10.2 Å². The fraction of sp³-hybridized carbons (Fsp3) is 0.417. The number of likely N-dealkylation sites (tertiary alicyclic amines) is 1. The molecule has 8 heteroatoms. The van der Waals surface area contributed by atoms with Crippen molar-refractivity contribution in [2.24, 2.45) is 7.05 Å². The number of rotatable bonds is 5. The minimum absolute atomic E-state index is 0.0458. The molecule has 32 heavy (non-hydrogen) atoms. The number of carbonyl (C=O) groups is 1. The summed E-state index contributed by atoms with van der Waals surface area (Å²) in [5, 5.41) is 4.28. The molecule has 166 valence electrons. The number of aromatic nitrogens is 4. The Morgan fingerprint density at radius 3 is 2.66 bits per heavy atom. The summed E-state index contributed by atoms with van der Waals surface area (Å²) in [6, 6.07) is 6.41. The number of hydrogen-bond donors (Lipinski definition) is 0. The molecular formula is C24H27FN6O. The second-order valence-electron chi connectivity index (χ2n) is 8.73. The van der Waals surface area contributed by atoms with Crippen LogP contribution in [0.15, 0.2) is 36.7 Å². The average molecular weight is 435 g/mol. The highest BCUT2D eigenvalue weighted by atomic mass is 19.1.